The van der Waals surface area contributed by atoms with Crippen LogP contribution in [-0.4, -0.2) is 26.0 Å². The van der Waals surface area contributed by atoms with Crippen molar-refractivity contribution < 1.29 is 4.79 Å². The molecule has 0 saturated carbocycles. The molecule has 0 spiro atoms. The Morgan fingerprint density at radius 1 is 1.70 bits per heavy atom. The summed E-state index contributed by atoms with van der Waals surface area (Å²) in [4.78, 5) is 10.6. The van der Waals surface area contributed by atoms with Gasteiger partial charge in [-0.3, -0.25) is 4.79 Å². The van der Waals surface area contributed by atoms with Gasteiger partial charge in [0.05, 0.1) is 0 Å². The average molecular weight is 140 g/mol. The van der Waals surface area contributed by atoms with E-state index in [1.807, 2.05) is 7.05 Å². The van der Waals surface area contributed by atoms with Gasteiger partial charge in [0.25, 0.3) is 5.91 Å². The fourth-order valence-corrected chi connectivity index (χ4v) is 0.454. The van der Waals surface area contributed by atoms with Gasteiger partial charge >= 0.3 is 0 Å². The van der Waals surface area contributed by atoms with Gasteiger partial charge in [-0.2, -0.15) is 0 Å². The quantitative estimate of drug-likeness (QED) is 0.319. The number of carbonyl (C=O) groups is 1. The van der Waals surface area contributed by atoms with Crippen LogP contribution in [0.1, 0.15) is 0 Å². The van der Waals surface area contributed by atoms with Crippen LogP contribution < -0.4 is 10.6 Å². The predicted octanol–water partition coefficient (Wildman–Crippen LogP) is -0.337. The van der Waals surface area contributed by atoms with Crippen LogP contribution >= 0.6 is 0 Å². The molecule has 0 saturated heterocycles. The number of carbonyl (C=O) groups excluding carboxylic acids is 1. The highest BCUT2D eigenvalue weighted by atomic mass is 16.1. The van der Waals surface area contributed by atoms with Gasteiger partial charge in [0, 0.05) is 19.2 Å². The van der Waals surface area contributed by atoms with Gasteiger partial charge in [0.1, 0.15) is 0 Å². The Hall–Kier alpha value is -1.05. The van der Waals surface area contributed by atoms with E-state index in [9.17, 15) is 4.79 Å². The minimum atomic E-state index is -0.148. The maximum absolute atomic E-state index is 10.6. The van der Waals surface area contributed by atoms with Crippen LogP contribution in [0, 0.1) is 0 Å². The normalized spacial score (nSPS) is 8.10. The Morgan fingerprint density at radius 3 is 2.90 bits per heavy atom. The largest absolute Gasteiger partial charge is 0.351 e. The number of nitrogens with one attached hydrogen (secondary N) is 2. The molecule has 1 amide bonds. The average Bonchev–Trinajstić information content (AvgIpc) is 1.89. The van der Waals surface area contributed by atoms with E-state index in [1.165, 1.54) is 6.08 Å². The molecule has 0 unspecified atom stereocenters. The van der Waals surface area contributed by atoms with Crippen LogP contribution in [0.25, 0.3) is 0 Å². The molecule has 0 aliphatic rings. The van der Waals surface area contributed by atoms with Crippen LogP contribution in [0.5, 0.6) is 0 Å². The minimum Gasteiger partial charge on any atom is -0.351 e. The zero-order valence-corrected chi connectivity index (χ0v) is 6.11. The van der Waals surface area contributed by atoms with Gasteiger partial charge < -0.3 is 10.6 Å². The third-order valence-corrected chi connectivity index (χ3v) is 0.907. The third-order valence-electron chi connectivity index (χ3n) is 0.907. The number of amides is 1. The molecule has 0 bridgehead atoms. The van der Waals surface area contributed by atoms with Gasteiger partial charge in [0.2, 0.25) is 0 Å². The maximum atomic E-state index is 10.6. The van der Waals surface area contributed by atoms with Crippen LogP contribution in [0.15, 0.2) is 18.4 Å². The van der Waals surface area contributed by atoms with Crippen molar-refractivity contribution in [2.45, 2.75) is 0 Å². The smallest absolute Gasteiger partial charge is 0.251 e. The maximum Gasteiger partial charge on any atom is 0.251 e. The van der Waals surface area contributed by atoms with Gasteiger partial charge in [0.15, 0.2) is 0 Å². The van der Waals surface area contributed by atoms with E-state index in [4.69, 9.17) is 0 Å². The fraction of sp³-hybridized carbons (Fsp3) is 0.429. The molecule has 0 fully saturated rings. The van der Waals surface area contributed by atoms with E-state index in [2.05, 4.69) is 22.9 Å². The van der Waals surface area contributed by atoms with Gasteiger partial charge in [-0.1, -0.05) is 6.58 Å². The molecule has 0 radical (unpaired) electrons. The molecule has 3 heteroatoms. The van der Waals surface area contributed by atoms with E-state index in [0.717, 1.165) is 6.54 Å². The number of rotatable bonds is 4. The predicted molar refractivity (Wildman–Crippen MR) is 40.6 cm³/mol. The van der Waals surface area contributed by atoms with Gasteiger partial charge in [-0.05, 0) is 7.05 Å². The highest BCUT2D eigenvalue weighted by Gasteiger charge is 1.89. The Morgan fingerprint density at radius 2 is 2.40 bits per heavy atom. The summed E-state index contributed by atoms with van der Waals surface area (Å²) < 4.78 is 0. The molecule has 0 aliphatic heterocycles. The van der Waals surface area contributed by atoms with Crippen molar-refractivity contribution in [1.29, 1.82) is 0 Å². The molecule has 0 atom stereocenters. The standard InChI is InChI=1S/C7H12N2O/c1-3-4-7(10)9-6-5-8-2/h4,8H,1,5-6H2,2H3,(H,9,10). The monoisotopic (exact) mass is 140 g/mol. The highest BCUT2D eigenvalue weighted by molar-refractivity contribution is 5.87. The van der Waals surface area contributed by atoms with E-state index >= 15 is 0 Å². The van der Waals surface area contributed by atoms with Crippen molar-refractivity contribution in [3.63, 3.8) is 0 Å². The first kappa shape index (κ1) is 8.95. The Bertz CT molecular complexity index is 148. The molecule has 0 aromatic carbocycles. The number of hydrogen-bond donors (Lipinski definition) is 2. The summed E-state index contributed by atoms with van der Waals surface area (Å²) in [6.07, 6.45) is 1.27. The number of likely N-dealkylation sites (N-methyl/N-ethyl adjacent to an activating group) is 1. The van der Waals surface area contributed by atoms with Crippen molar-refractivity contribution in [3.05, 3.63) is 18.4 Å². The molecule has 3 nitrogen and oxygen atoms in total. The van der Waals surface area contributed by atoms with Crippen molar-refractivity contribution in [3.8, 4) is 0 Å². The lowest BCUT2D eigenvalue weighted by atomic mass is 10.5. The van der Waals surface area contributed by atoms with Crippen molar-refractivity contribution in [1.82, 2.24) is 10.6 Å². The zero-order valence-electron chi connectivity index (χ0n) is 6.11. The van der Waals surface area contributed by atoms with E-state index in [1.54, 1.807) is 0 Å². The molecule has 0 aromatic heterocycles. The molecule has 0 rings (SSSR count). The molecule has 0 aliphatic carbocycles. The van der Waals surface area contributed by atoms with E-state index < -0.39 is 0 Å². The SMILES string of the molecule is C=C=CC(=O)NCCNC. The summed E-state index contributed by atoms with van der Waals surface area (Å²) in [5.41, 5.74) is 2.39. The first-order valence-electron chi connectivity index (χ1n) is 3.09. The summed E-state index contributed by atoms with van der Waals surface area (Å²) in [5.74, 6) is -0.148. The second-order valence-electron chi connectivity index (χ2n) is 1.74. The van der Waals surface area contributed by atoms with E-state index in [-0.39, 0.29) is 5.91 Å². The zero-order chi connectivity index (χ0) is 7.82. The molecule has 2 N–H and O–H groups in total. The molecular formula is C7H12N2O. The summed E-state index contributed by atoms with van der Waals surface area (Å²) in [7, 11) is 1.83. The van der Waals surface area contributed by atoms with Crippen LogP contribution in [-0.2, 0) is 4.79 Å². The first-order chi connectivity index (χ1) is 4.81. The Balaban J connectivity index is 3.31. The summed E-state index contributed by atoms with van der Waals surface area (Å²) in [6.45, 7) is 4.68. The van der Waals surface area contributed by atoms with Crippen LogP contribution in [0.4, 0.5) is 0 Å². The van der Waals surface area contributed by atoms with Gasteiger partial charge in [-0.25, -0.2) is 0 Å². The van der Waals surface area contributed by atoms with Crippen molar-refractivity contribution in [2.75, 3.05) is 20.1 Å². The Labute approximate surface area is 60.8 Å². The molecule has 56 valence electrons. The lowest BCUT2D eigenvalue weighted by molar-refractivity contribution is -0.116. The second kappa shape index (κ2) is 6.08. The molecule has 0 heterocycles. The number of hydrogen-bond acceptors (Lipinski definition) is 2. The van der Waals surface area contributed by atoms with Crippen molar-refractivity contribution >= 4 is 5.91 Å². The molecular weight excluding hydrogens is 128 g/mol. The van der Waals surface area contributed by atoms with Crippen molar-refractivity contribution in [2.24, 2.45) is 0 Å². The first-order valence-corrected chi connectivity index (χ1v) is 3.09. The van der Waals surface area contributed by atoms with Crippen LogP contribution in [0.2, 0.25) is 0 Å². The lowest BCUT2D eigenvalue weighted by Crippen LogP contribution is -2.28. The second-order valence-corrected chi connectivity index (χ2v) is 1.74. The van der Waals surface area contributed by atoms with Gasteiger partial charge in [-0.15, -0.1) is 5.73 Å². The van der Waals surface area contributed by atoms with Crippen LogP contribution in [0.3, 0.4) is 0 Å². The topological polar surface area (TPSA) is 41.1 Å². The Kier molecular flexibility index (Phi) is 5.44. The lowest BCUT2D eigenvalue weighted by Gasteiger charge is -1.98. The van der Waals surface area contributed by atoms with E-state index in [0.29, 0.717) is 6.54 Å². The minimum absolute atomic E-state index is 0.148. The summed E-state index contributed by atoms with van der Waals surface area (Å²) >= 11 is 0. The highest BCUT2D eigenvalue weighted by Crippen LogP contribution is 1.65. The fourth-order valence-electron chi connectivity index (χ4n) is 0.454. The summed E-state index contributed by atoms with van der Waals surface area (Å²) in [5, 5.41) is 5.53. The molecule has 0 aromatic rings. The summed E-state index contributed by atoms with van der Waals surface area (Å²) in [6, 6.07) is 0. The molecule has 10 heavy (non-hydrogen) atoms. The third kappa shape index (κ3) is 5.09.